The van der Waals surface area contributed by atoms with Gasteiger partial charge in [0, 0.05) is 0 Å². The number of para-hydroxylation sites is 1. The highest BCUT2D eigenvalue weighted by molar-refractivity contribution is 6.33. The van der Waals surface area contributed by atoms with Crippen LogP contribution in [0.5, 0.6) is 0 Å². The van der Waals surface area contributed by atoms with E-state index in [2.05, 4.69) is 9.98 Å². The van der Waals surface area contributed by atoms with Crippen molar-refractivity contribution in [1.29, 1.82) is 0 Å². The smallest absolute Gasteiger partial charge is 0.446 e. The van der Waals surface area contributed by atoms with Crippen LogP contribution >= 0.6 is 11.6 Å². The zero-order valence-corrected chi connectivity index (χ0v) is 11.9. The van der Waals surface area contributed by atoms with Crippen LogP contribution in [-0.2, 0) is 11.4 Å². The van der Waals surface area contributed by atoms with Gasteiger partial charge in [0.2, 0.25) is 0 Å². The molecule has 1 unspecified atom stereocenters. The van der Waals surface area contributed by atoms with Crippen LogP contribution in [0.2, 0.25) is 5.02 Å². The molecule has 2 aromatic rings. The van der Waals surface area contributed by atoms with Crippen molar-refractivity contribution in [3.63, 3.8) is 0 Å². The van der Waals surface area contributed by atoms with Crippen LogP contribution in [0.25, 0.3) is 5.69 Å². The van der Waals surface area contributed by atoms with Gasteiger partial charge in [0.1, 0.15) is 5.69 Å². The van der Waals surface area contributed by atoms with Crippen molar-refractivity contribution in [2.24, 2.45) is 4.99 Å². The number of aliphatic imine (C=N–C) groups is 1. The summed E-state index contributed by atoms with van der Waals surface area (Å²) in [5.41, 5.74) is 2.19. The molecule has 0 radical (unpaired) electrons. The van der Waals surface area contributed by atoms with Crippen LogP contribution in [0.4, 0.5) is 4.79 Å². The third kappa shape index (κ3) is 1.69. The molecule has 0 fully saturated rings. The largest absolute Gasteiger partial charge is 0.557 e. The van der Waals surface area contributed by atoms with Gasteiger partial charge in [-0.05, 0) is 16.8 Å². The van der Waals surface area contributed by atoms with E-state index in [1.807, 2.05) is 10.6 Å². The van der Waals surface area contributed by atoms with E-state index in [0.717, 1.165) is 5.69 Å². The number of fused-ring (bicyclic) bond motifs is 5. The Bertz CT molecular complexity index is 858. The maximum atomic E-state index is 11.2. The highest BCUT2D eigenvalue weighted by atomic mass is 35.5. The molecule has 0 saturated carbocycles. The Kier molecular flexibility index (Phi) is 2.63. The lowest BCUT2D eigenvalue weighted by atomic mass is 10.1. The van der Waals surface area contributed by atoms with E-state index in [-0.39, 0.29) is 11.2 Å². The van der Waals surface area contributed by atoms with Crippen molar-refractivity contribution >= 4 is 23.6 Å². The molecule has 8 heteroatoms. The highest BCUT2D eigenvalue weighted by Gasteiger charge is 2.47. The summed E-state index contributed by atoms with van der Waals surface area (Å²) in [5, 5.41) is 9.65. The first-order chi connectivity index (χ1) is 10.6. The third-order valence-corrected chi connectivity index (χ3v) is 3.99. The molecule has 22 heavy (non-hydrogen) atoms. The number of aromatic nitrogens is 2. The van der Waals surface area contributed by atoms with Gasteiger partial charge < -0.3 is 5.11 Å². The fraction of sp³-hybridized carbons (Fsp3) is 0.0714. The van der Waals surface area contributed by atoms with E-state index in [0.29, 0.717) is 22.1 Å². The topological polar surface area (TPSA) is 76.7 Å². The van der Waals surface area contributed by atoms with E-state index < -0.39 is 6.16 Å². The third-order valence-electron chi connectivity index (χ3n) is 3.68. The molecule has 1 aromatic carbocycles. The molecule has 0 amide bonds. The van der Waals surface area contributed by atoms with Gasteiger partial charge in [-0.1, -0.05) is 17.7 Å². The van der Waals surface area contributed by atoms with Crippen LogP contribution in [0, 0.1) is 0 Å². The quantitative estimate of drug-likeness (QED) is 0.820. The van der Waals surface area contributed by atoms with Crippen molar-refractivity contribution in [3.8, 4) is 5.69 Å². The van der Waals surface area contributed by atoms with Gasteiger partial charge in [0.25, 0.3) is 5.84 Å². The van der Waals surface area contributed by atoms with Gasteiger partial charge in [-0.25, -0.2) is 9.82 Å². The van der Waals surface area contributed by atoms with Gasteiger partial charge >= 0.3 is 6.16 Å². The monoisotopic (exact) mass is 317 g/mol. The first-order valence-corrected chi connectivity index (χ1v) is 6.85. The molecule has 7 nitrogen and oxygen atoms in total. The van der Waals surface area contributed by atoms with E-state index >= 15 is 0 Å². The van der Waals surface area contributed by atoms with E-state index in [9.17, 15) is 4.79 Å². The number of quaternary nitrogens is 1. The number of halogens is 1. The summed E-state index contributed by atoms with van der Waals surface area (Å²) in [6.07, 6.45) is 5.05. The van der Waals surface area contributed by atoms with Crippen molar-refractivity contribution in [3.05, 3.63) is 59.4 Å². The summed E-state index contributed by atoms with van der Waals surface area (Å²) >= 11 is 6.35. The summed E-state index contributed by atoms with van der Waals surface area (Å²) in [4.78, 5) is 24.8. The summed E-state index contributed by atoms with van der Waals surface area (Å²) in [6, 6.07) is 5.39. The lowest BCUT2D eigenvalue weighted by Gasteiger charge is -2.25. The van der Waals surface area contributed by atoms with Crippen LogP contribution in [0.1, 0.15) is 11.3 Å². The minimum Gasteiger partial charge on any atom is -0.446 e. The van der Waals surface area contributed by atoms with Crippen LogP contribution in [0.3, 0.4) is 0 Å². The SMILES string of the molecule is O=C(O)O[N+]12C=CN=C1c1cccc(Cl)c1-n1cncc1C2. The second-order valence-electron chi connectivity index (χ2n) is 4.95. The molecule has 0 bridgehead atoms. The molecule has 4 rings (SSSR count). The molecule has 1 aromatic heterocycles. The normalized spacial score (nSPS) is 21.4. The number of hydroxylamine groups is 3. The molecule has 0 aliphatic carbocycles. The minimum absolute atomic E-state index is 0.243. The second kappa shape index (κ2) is 4.43. The number of benzene rings is 1. The van der Waals surface area contributed by atoms with Crippen LogP contribution in [0.15, 0.2) is 48.1 Å². The average molecular weight is 318 g/mol. The minimum atomic E-state index is -1.38. The first-order valence-electron chi connectivity index (χ1n) is 6.47. The van der Waals surface area contributed by atoms with Crippen molar-refractivity contribution in [1.82, 2.24) is 9.55 Å². The predicted octanol–water partition coefficient (Wildman–Crippen LogP) is 2.70. The van der Waals surface area contributed by atoms with E-state index in [1.165, 1.54) is 6.20 Å². The molecule has 0 saturated heterocycles. The summed E-state index contributed by atoms with van der Waals surface area (Å²) in [6.45, 7) is 0.243. The van der Waals surface area contributed by atoms with Crippen molar-refractivity contribution in [2.45, 2.75) is 6.54 Å². The Balaban J connectivity index is 2.03. The first kappa shape index (κ1) is 13.1. The zero-order chi connectivity index (χ0) is 15.3. The Morgan fingerprint density at radius 3 is 3.14 bits per heavy atom. The molecule has 110 valence electrons. The fourth-order valence-corrected chi connectivity index (χ4v) is 3.11. The fourth-order valence-electron chi connectivity index (χ4n) is 2.85. The molecule has 0 spiro atoms. The average Bonchev–Trinajstić information content (AvgIpc) is 3.04. The number of nitrogens with zero attached hydrogens (tertiary/aromatic N) is 4. The molecule has 2 aliphatic rings. The van der Waals surface area contributed by atoms with Crippen molar-refractivity contribution in [2.75, 3.05) is 0 Å². The maximum Gasteiger partial charge on any atom is 0.557 e. The Morgan fingerprint density at radius 2 is 2.32 bits per heavy atom. The number of hydrogen-bond acceptors (Lipinski definition) is 4. The lowest BCUT2D eigenvalue weighted by molar-refractivity contribution is -0.986. The van der Waals surface area contributed by atoms with E-state index in [4.69, 9.17) is 21.5 Å². The van der Waals surface area contributed by atoms with Gasteiger partial charge in [-0.15, -0.1) is 0 Å². The lowest BCUT2D eigenvalue weighted by Crippen LogP contribution is -2.46. The second-order valence-corrected chi connectivity index (χ2v) is 5.36. The van der Waals surface area contributed by atoms with Gasteiger partial charge in [-0.2, -0.15) is 9.79 Å². The number of carboxylic acid groups (broad SMARTS) is 1. The molecule has 3 heterocycles. The van der Waals surface area contributed by atoms with Gasteiger partial charge in [0.05, 0.1) is 35.0 Å². The number of hydrogen-bond donors (Lipinski definition) is 1. The molecule has 1 N–H and O–H groups in total. The number of amidine groups is 1. The Hall–Kier alpha value is -2.64. The molecule has 2 aliphatic heterocycles. The van der Waals surface area contributed by atoms with Gasteiger partial charge in [0.15, 0.2) is 12.7 Å². The summed E-state index contributed by atoms with van der Waals surface area (Å²) < 4.78 is 1.46. The molecular weight excluding hydrogens is 308 g/mol. The standard InChI is InChI=1S/C14H9ClN4O3/c15-11-3-1-2-10-12(11)18-8-16-6-9(18)7-19(22-14(20)21)5-4-17-13(10)19/h1-6,8H,7H2/p+1. The molecule has 1 atom stereocenters. The number of rotatable bonds is 1. The van der Waals surface area contributed by atoms with Crippen LogP contribution < -0.4 is 0 Å². The zero-order valence-electron chi connectivity index (χ0n) is 11.2. The van der Waals surface area contributed by atoms with Gasteiger partial charge in [-0.3, -0.25) is 4.57 Å². The Morgan fingerprint density at radius 1 is 1.45 bits per heavy atom. The highest BCUT2D eigenvalue weighted by Crippen LogP contribution is 2.36. The number of carbonyl (C=O) groups is 1. The number of imidazole rings is 1. The van der Waals surface area contributed by atoms with E-state index in [1.54, 1.807) is 30.9 Å². The van der Waals surface area contributed by atoms with Crippen molar-refractivity contribution < 1.29 is 19.4 Å². The summed E-state index contributed by atoms with van der Waals surface area (Å²) in [7, 11) is 0. The van der Waals surface area contributed by atoms with Crippen LogP contribution in [-0.4, -0.2) is 31.3 Å². The maximum absolute atomic E-state index is 11.2. The Labute approximate surface area is 129 Å². The predicted molar refractivity (Wildman–Crippen MR) is 77.3 cm³/mol. The molecular formula is C14H10ClN4O3+. The summed E-state index contributed by atoms with van der Waals surface area (Å²) in [5.74, 6) is 0.476.